The quantitative estimate of drug-likeness (QED) is 0.388. The first-order valence-corrected chi connectivity index (χ1v) is 13.9. The lowest BCUT2D eigenvalue weighted by Crippen LogP contribution is -2.60. The Balaban J connectivity index is 1.68. The molecule has 2 aromatic rings. The van der Waals surface area contributed by atoms with Gasteiger partial charge in [0.05, 0.1) is 11.1 Å². The van der Waals surface area contributed by atoms with Gasteiger partial charge in [0.1, 0.15) is 29.0 Å². The number of hydrogen-bond acceptors (Lipinski definition) is 8. The number of rotatable bonds is 7. The Morgan fingerprint density at radius 2 is 1.81 bits per heavy atom. The minimum atomic E-state index is -5.07. The van der Waals surface area contributed by atoms with E-state index in [1.54, 1.807) is 9.80 Å². The normalized spacial score (nSPS) is 20.1. The fourth-order valence-corrected chi connectivity index (χ4v) is 5.76. The number of aliphatic hydroxyl groups is 1. The number of piperazine rings is 1. The molecule has 2 aromatic heterocycles. The highest BCUT2D eigenvalue weighted by Gasteiger charge is 2.40. The predicted molar refractivity (Wildman–Crippen MR) is 151 cm³/mol. The highest BCUT2D eigenvalue weighted by atomic mass is 19.4. The van der Waals surface area contributed by atoms with Gasteiger partial charge in [-0.05, 0) is 37.7 Å². The Kier molecular flexibility index (Phi) is 8.12. The summed E-state index contributed by atoms with van der Waals surface area (Å²) in [7, 11) is 0. The minimum absolute atomic E-state index is 0.125. The van der Waals surface area contributed by atoms with Crippen molar-refractivity contribution in [3.8, 4) is 0 Å². The molecule has 1 N–H and O–H groups in total. The first-order valence-electron chi connectivity index (χ1n) is 13.9. The van der Waals surface area contributed by atoms with Gasteiger partial charge in [-0.2, -0.15) is 18.2 Å². The van der Waals surface area contributed by atoms with E-state index < -0.39 is 35.1 Å². The van der Waals surface area contributed by atoms with Crippen molar-refractivity contribution in [2.75, 3.05) is 62.2 Å². The fraction of sp³-hybridized carbons (Fsp3) is 0.500. The molecule has 2 aliphatic heterocycles. The number of carbonyl (C=O) groups is 1. The highest BCUT2D eigenvalue weighted by molar-refractivity contribution is 5.92. The lowest BCUT2D eigenvalue weighted by molar-refractivity contribution is -0.142. The Morgan fingerprint density at radius 1 is 1.14 bits per heavy atom. The van der Waals surface area contributed by atoms with Crippen LogP contribution in [0.25, 0.3) is 16.6 Å². The molecule has 226 valence electrons. The molecule has 5 rings (SSSR count). The van der Waals surface area contributed by atoms with E-state index in [0.29, 0.717) is 13.1 Å². The van der Waals surface area contributed by atoms with Crippen LogP contribution in [0.5, 0.6) is 0 Å². The second-order valence-corrected chi connectivity index (χ2v) is 10.5. The standard InChI is InChI=1S/C28H33F4N7O3/c1-4-22(41)36-10-12-37(13-11-36)25-18-14-21(28(30,31)32)39(24-19(29)8-7-9-20(24)40)26(42)23(18)33-27(34-25)38-15-17(16-38)35(5-2)6-3/h4,7-8,14,17,20,40H,1,5-6,9-13,15-16H2,2-3H3/t20-/m1/s1. The summed E-state index contributed by atoms with van der Waals surface area (Å²) in [5.41, 5.74) is -3.74. The molecule has 0 unspecified atom stereocenters. The predicted octanol–water partition coefficient (Wildman–Crippen LogP) is 2.63. The molecule has 2 saturated heterocycles. The van der Waals surface area contributed by atoms with Crippen LogP contribution in [-0.2, 0) is 11.0 Å². The topological polar surface area (TPSA) is 98.0 Å². The molecule has 0 radical (unpaired) electrons. The number of carbonyl (C=O) groups excluding carboxylic acids is 1. The molecule has 3 aliphatic rings. The van der Waals surface area contributed by atoms with Crippen LogP contribution in [0, 0.1) is 0 Å². The van der Waals surface area contributed by atoms with E-state index in [1.165, 1.54) is 12.2 Å². The summed E-state index contributed by atoms with van der Waals surface area (Å²) in [5.74, 6) is -1.10. The number of alkyl halides is 3. The van der Waals surface area contributed by atoms with Gasteiger partial charge in [0.2, 0.25) is 11.9 Å². The smallest absolute Gasteiger partial charge is 0.386 e. The van der Waals surface area contributed by atoms with Crippen molar-refractivity contribution >= 4 is 34.3 Å². The molecule has 14 heteroatoms. The van der Waals surface area contributed by atoms with Gasteiger partial charge in [0, 0.05) is 45.3 Å². The van der Waals surface area contributed by atoms with Crippen LogP contribution in [-0.4, -0.2) is 99.9 Å². The van der Waals surface area contributed by atoms with Crippen molar-refractivity contribution in [3.05, 3.63) is 52.7 Å². The van der Waals surface area contributed by atoms with E-state index in [-0.39, 0.29) is 71.8 Å². The largest absolute Gasteiger partial charge is 0.431 e. The summed E-state index contributed by atoms with van der Waals surface area (Å²) >= 11 is 0. The van der Waals surface area contributed by atoms with Crippen molar-refractivity contribution in [2.45, 2.75) is 38.6 Å². The van der Waals surface area contributed by atoms with Crippen molar-refractivity contribution in [1.82, 2.24) is 24.3 Å². The molecule has 1 amide bonds. The third kappa shape index (κ3) is 5.28. The molecule has 42 heavy (non-hydrogen) atoms. The molecular formula is C28H33F4N7O3. The number of anilines is 2. The molecule has 0 saturated carbocycles. The number of fused-ring (bicyclic) bond motifs is 1. The van der Waals surface area contributed by atoms with Crippen molar-refractivity contribution in [2.24, 2.45) is 0 Å². The second-order valence-electron chi connectivity index (χ2n) is 10.5. The van der Waals surface area contributed by atoms with Crippen LogP contribution in [0.3, 0.4) is 0 Å². The van der Waals surface area contributed by atoms with Gasteiger partial charge >= 0.3 is 6.18 Å². The number of nitrogens with zero attached hydrogens (tertiary/aromatic N) is 7. The minimum Gasteiger partial charge on any atom is -0.386 e. The molecule has 2 fully saturated rings. The SMILES string of the molecule is C=CC(=O)N1CCN(c2nc(N3CC(N(CC)CC)C3)nc3c(=O)n(C4=C(F)C=CC[C@H]4O)c(C(F)(F)F)cc23)CC1. The van der Waals surface area contributed by atoms with Crippen molar-refractivity contribution < 1.29 is 27.5 Å². The summed E-state index contributed by atoms with van der Waals surface area (Å²) in [5, 5.41) is 10.3. The Bertz CT molecular complexity index is 1500. The maximum Gasteiger partial charge on any atom is 0.431 e. The van der Waals surface area contributed by atoms with Crippen LogP contribution in [0.4, 0.5) is 29.3 Å². The molecule has 0 bridgehead atoms. The summed E-state index contributed by atoms with van der Waals surface area (Å²) in [4.78, 5) is 42.5. The number of amides is 1. The lowest BCUT2D eigenvalue weighted by atomic mass is 10.1. The van der Waals surface area contributed by atoms with Crippen LogP contribution >= 0.6 is 0 Å². The summed E-state index contributed by atoms with van der Waals surface area (Å²) in [6, 6.07) is 0.973. The summed E-state index contributed by atoms with van der Waals surface area (Å²) in [6.45, 7) is 11.5. The van der Waals surface area contributed by atoms with E-state index in [2.05, 4.69) is 35.3 Å². The monoisotopic (exact) mass is 591 g/mol. The van der Waals surface area contributed by atoms with Gasteiger partial charge in [-0.15, -0.1) is 0 Å². The maximum atomic E-state index is 14.9. The first kappa shape index (κ1) is 29.7. The number of hydrogen-bond donors (Lipinski definition) is 1. The van der Waals surface area contributed by atoms with Gasteiger partial charge in [-0.3, -0.25) is 19.1 Å². The maximum absolute atomic E-state index is 14.9. The summed E-state index contributed by atoms with van der Waals surface area (Å²) in [6.07, 6.45) is -3.46. The molecule has 0 spiro atoms. The van der Waals surface area contributed by atoms with Crippen LogP contribution < -0.4 is 15.4 Å². The molecule has 0 aromatic carbocycles. The summed E-state index contributed by atoms with van der Waals surface area (Å²) < 4.78 is 58.5. The Labute approximate surface area is 239 Å². The van der Waals surface area contributed by atoms with Crippen LogP contribution in [0.15, 0.2) is 41.5 Å². The van der Waals surface area contributed by atoms with E-state index in [1.807, 2.05) is 4.90 Å². The molecule has 1 atom stereocenters. The van der Waals surface area contributed by atoms with Crippen molar-refractivity contribution in [3.63, 3.8) is 0 Å². The van der Waals surface area contributed by atoms with E-state index in [4.69, 9.17) is 0 Å². The number of likely N-dealkylation sites (N-methyl/N-ethyl adjacent to an activating group) is 1. The molecular weight excluding hydrogens is 558 g/mol. The zero-order chi connectivity index (χ0) is 30.3. The fourth-order valence-electron chi connectivity index (χ4n) is 5.76. The highest BCUT2D eigenvalue weighted by Crippen LogP contribution is 2.37. The zero-order valence-electron chi connectivity index (χ0n) is 23.4. The van der Waals surface area contributed by atoms with Gasteiger partial charge in [0.25, 0.3) is 5.56 Å². The van der Waals surface area contributed by atoms with Crippen LogP contribution in [0.2, 0.25) is 0 Å². The molecule has 10 nitrogen and oxygen atoms in total. The number of allylic oxidation sites excluding steroid dienone is 2. The lowest BCUT2D eigenvalue weighted by Gasteiger charge is -2.45. The number of pyridine rings is 1. The van der Waals surface area contributed by atoms with Gasteiger partial charge < -0.3 is 19.8 Å². The molecule has 1 aliphatic carbocycles. The third-order valence-electron chi connectivity index (χ3n) is 8.10. The first-order chi connectivity index (χ1) is 20.0. The number of aromatic nitrogens is 3. The van der Waals surface area contributed by atoms with Gasteiger partial charge in [-0.25, -0.2) is 9.37 Å². The van der Waals surface area contributed by atoms with E-state index >= 15 is 0 Å². The molecule has 4 heterocycles. The van der Waals surface area contributed by atoms with Crippen LogP contribution in [0.1, 0.15) is 26.0 Å². The number of halogens is 4. The second kappa shape index (κ2) is 11.5. The zero-order valence-corrected chi connectivity index (χ0v) is 23.4. The Hall–Kier alpha value is -3.78. The van der Waals surface area contributed by atoms with E-state index in [0.717, 1.165) is 25.2 Å². The number of aliphatic hydroxyl groups excluding tert-OH is 1. The third-order valence-corrected chi connectivity index (χ3v) is 8.10. The van der Waals surface area contributed by atoms with Gasteiger partial charge in [0.15, 0.2) is 0 Å². The average molecular weight is 592 g/mol. The average Bonchev–Trinajstić information content (AvgIpc) is 2.94. The van der Waals surface area contributed by atoms with E-state index in [9.17, 15) is 32.3 Å². The van der Waals surface area contributed by atoms with Gasteiger partial charge in [-0.1, -0.05) is 26.5 Å². The van der Waals surface area contributed by atoms with Crippen molar-refractivity contribution in [1.29, 1.82) is 0 Å². The Morgan fingerprint density at radius 3 is 2.38 bits per heavy atom.